The molecular weight excluding hydrogens is 896 g/mol. The van der Waals surface area contributed by atoms with E-state index in [0.717, 1.165) is 144 Å². The molecule has 6 nitrogen and oxygen atoms in total. The van der Waals surface area contributed by atoms with Gasteiger partial charge < -0.3 is 27.5 Å². The number of furan rings is 4. The summed E-state index contributed by atoms with van der Waals surface area (Å²) in [7, 11) is 0. The number of hydrogen-bond donors (Lipinski definition) is 0. The van der Waals surface area contributed by atoms with E-state index < -0.39 is 0 Å². The Morgan fingerprint density at radius 2 is 0.603 bits per heavy atom. The molecule has 73 heavy (non-hydrogen) atoms. The molecule has 17 rings (SSSR count). The summed E-state index contributed by atoms with van der Waals surface area (Å²) in [5, 5.41) is 8.57. The van der Waals surface area contributed by atoms with Crippen LogP contribution in [0.4, 0.5) is 34.1 Å². The lowest BCUT2D eigenvalue weighted by molar-refractivity contribution is 0.668. The third-order valence-electron chi connectivity index (χ3n) is 15.6. The molecule has 11 aromatic carbocycles. The van der Waals surface area contributed by atoms with E-state index in [0.29, 0.717) is 0 Å². The van der Waals surface area contributed by atoms with Gasteiger partial charge in [0.15, 0.2) is 0 Å². The lowest BCUT2D eigenvalue weighted by Gasteiger charge is -2.45. The second-order valence-electron chi connectivity index (χ2n) is 19.4. The maximum atomic E-state index is 6.81. The van der Waals surface area contributed by atoms with Crippen LogP contribution in [0, 0.1) is 0 Å². The number of rotatable bonds is 4. The zero-order valence-electron chi connectivity index (χ0n) is 39.0. The topological polar surface area (TPSA) is 59.0 Å². The molecule has 15 aromatic rings. The molecule has 0 fully saturated rings. The summed E-state index contributed by atoms with van der Waals surface area (Å²) >= 11 is 0. The summed E-state index contributed by atoms with van der Waals surface area (Å²) in [5.74, 6) is 0. The number of anilines is 6. The molecule has 6 heterocycles. The van der Waals surface area contributed by atoms with Crippen LogP contribution >= 0.6 is 0 Å². The van der Waals surface area contributed by atoms with Gasteiger partial charge in [-0.05, 0) is 100 Å². The Labute approximate surface area is 417 Å². The van der Waals surface area contributed by atoms with Gasteiger partial charge in [0.25, 0.3) is 6.71 Å². The predicted octanol–water partition coefficient (Wildman–Crippen LogP) is 16.7. The third kappa shape index (κ3) is 5.22. The molecule has 0 unspecified atom stereocenters. The predicted molar refractivity (Wildman–Crippen MR) is 300 cm³/mol. The SMILES string of the molecule is c1ccc(-c2c(N3c4cccc5c4B(c4ccc6oc7ccccc7c6c43)c3ccc4oc6ccccc6c4c3N5c3ccc4oc5ccccc5c4c3-c3ccccc3)ccc3oc4ccccc4c23)cc1. The molecule has 2 aliphatic heterocycles. The molecule has 0 spiro atoms. The van der Waals surface area contributed by atoms with Crippen molar-refractivity contribution in [1.29, 1.82) is 0 Å². The highest BCUT2D eigenvalue weighted by Gasteiger charge is 2.46. The number of para-hydroxylation sites is 4. The first-order valence-corrected chi connectivity index (χ1v) is 24.9. The van der Waals surface area contributed by atoms with Crippen molar-refractivity contribution < 1.29 is 17.7 Å². The lowest BCUT2D eigenvalue weighted by Crippen LogP contribution is -2.61. The van der Waals surface area contributed by atoms with E-state index in [1.54, 1.807) is 0 Å². The van der Waals surface area contributed by atoms with Crippen LogP contribution in [-0.2, 0) is 0 Å². The molecule has 0 N–H and O–H groups in total. The standard InChI is InChI=1S/C66H37BN2O4/c1-3-16-38(17-4-1)58-46(32-36-54-60(58)40-20-7-11-26-50(40)70-54)68-48-24-15-25-49-64(48)67(44-30-34-56-62(65(44)68)42-22-9-13-28-52(42)72-56)45-31-35-57-63(43-23-10-14-29-53(43)73-57)66(45)69(49)47-33-37-55-61(41-21-8-12-27-51(41)71-55)59(47)39-18-5-2-6-19-39/h1-37H. The first-order valence-electron chi connectivity index (χ1n) is 24.9. The van der Waals surface area contributed by atoms with Crippen LogP contribution in [0.15, 0.2) is 242 Å². The van der Waals surface area contributed by atoms with Gasteiger partial charge in [0.05, 0.1) is 33.5 Å². The molecule has 0 saturated carbocycles. The Kier molecular flexibility index (Phi) is 7.73. The lowest BCUT2D eigenvalue weighted by atomic mass is 9.33. The fourth-order valence-corrected chi connectivity index (χ4v) is 12.8. The quantitative estimate of drug-likeness (QED) is 0.164. The van der Waals surface area contributed by atoms with E-state index in [-0.39, 0.29) is 6.71 Å². The molecule has 0 saturated heterocycles. The first kappa shape index (κ1) is 39.1. The maximum Gasteiger partial charge on any atom is 0.252 e. The Balaban J connectivity index is 1.06. The molecule has 4 aromatic heterocycles. The number of hydrogen-bond acceptors (Lipinski definition) is 6. The van der Waals surface area contributed by atoms with E-state index in [1.165, 1.54) is 16.4 Å². The van der Waals surface area contributed by atoms with Crippen LogP contribution in [0.25, 0.3) is 110 Å². The van der Waals surface area contributed by atoms with Crippen LogP contribution in [0.1, 0.15) is 0 Å². The first-order chi connectivity index (χ1) is 36.2. The van der Waals surface area contributed by atoms with Crippen molar-refractivity contribution in [2.75, 3.05) is 9.80 Å². The van der Waals surface area contributed by atoms with E-state index >= 15 is 0 Å². The summed E-state index contributed by atoms with van der Waals surface area (Å²) < 4.78 is 27.0. The minimum absolute atomic E-state index is 0.197. The van der Waals surface area contributed by atoms with Crippen molar-refractivity contribution in [2.45, 2.75) is 0 Å². The number of nitrogens with zero attached hydrogens (tertiary/aromatic N) is 2. The van der Waals surface area contributed by atoms with E-state index in [9.17, 15) is 0 Å². The highest BCUT2D eigenvalue weighted by Crippen LogP contribution is 2.55. The van der Waals surface area contributed by atoms with Gasteiger partial charge in [0, 0.05) is 54.8 Å². The van der Waals surface area contributed by atoms with Gasteiger partial charge in [-0.2, -0.15) is 0 Å². The molecule has 0 radical (unpaired) electrons. The van der Waals surface area contributed by atoms with Gasteiger partial charge in [0.1, 0.15) is 44.7 Å². The average Bonchev–Trinajstić information content (AvgIpc) is 4.25. The second-order valence-corrected chi connectivity index (χ2v) is 19.4. The molecule has 2 aliphatic rings. The minimum atomic E-state index is -0.197. The van der Waals surface area contributed by atoms with Crippen molar-refractivity contribution >= 4 is 145 Å². The molecule has 0 atom stereocenters. The summed E-state index contributed by atoms with van der Waals surface area (Å²) in [6.07, 6.45) is 0. The zero-order chi connectivity index (χ0) is 47.5. The normalized spacial score (nSPS) is 13.1. The summed E-state index contributed by atoms with van der Waals surface area (Å²) in [4.78, 5) is 5.08. The Hall–Kier alpha value is -9.72. The smallest absolute Gasteiger partial charge is 0.252 e. The third-order valence-corrected chi connectivity index (χ3v) is 15.6. The fraction of sp³-hybridized carbons (Fsp3) is 0. The van der Waals surface area contributed by atoms with Crippen molar-refractivity contribution in [1.82, 2.24) is 0 Å². The van der Waals surface area contributed by atoms with Crippen LogP contribution in [0.2, 0.25) is 0 Å². The molecule has 0 aliphatic carbocycles. The zero-order valence-corrected chi connectivity index (χ0v) is 39.0. The van der Waals surface area contributed by atoms with Crippen LogP contribution in [0.5, 0.6) is 0 Å². The molecule has 338 valence electrons. The van der Waals surface area contributed by atoms with Crippen molar-refractivity contribution in [2.24, 2.45) is 0 Å². The largest absolute Gasteiger partial charge is 0.456 e. The Morgan fingerprint density at radius 3 is 1.01 bits per heavy atom. The summed E-state index contributed by atoms with van der Waals surface area (Å²) in [6, 6.07) is 80.1. The van der Waals surface area contributed by atoms with Gasteiger partial charge in [-0.3, -0.25) is 0 Å². The fourth-order valence-electron chi connectivity index (χ4n) is 12.8. The molecule has 0 amide bonds. The number of fused-ring (bicyclic) bond motifs is 18. The van der Waals surface area contributed by atoms with Gasteiger partial charge >= 0.3 is 0 Å². The van der Waals surface area contributed by atoms with Crippen LogP contribution in [-0.4, -0.2) is 6.71 Å². The Morgan fingerprint density at radius 1 is 0.260 bits per heavy atom. The van der Waals surface area contributed by atoms with Crippen molar-refractivity contribution in [3.05, 3.63) is 224 Å². The van der Waals surface area contributed by atoms with E-state index in [2.05, 4.69) is 222 Å². The molecular formula is C66H37BN2O4. The summed E-state index contributed by atoms with van der Waals surface area (Å²) in [6.45, 7) is -0.197. The highest BCUT2D eigenvalue weighted by atomic mass is 16.3. The monoisotopic (exact) mass is 932 g/mol. The summed E-state index contributed by atoms with van der Waals surface area (Å²) in [5.41, 5.74) is 21.2. The van der Waals surface area contributed by atoms with Crippen molar-refractivity contribution in [3.8, 4) is 22.3 Å². The highest BCUT2D eigenvalue weighted by molar-refractivity contribution is 7.01. The number of benzene rings is 11. The minimum Gasteiger partial charge on any atom is -0.456 e. The van der Waals surface area contributed by atoms with Crippen LogP contribution in [0.3, 0.4) is 0 Å². The van der Waals surface area contributed by atoms with Gasteiger partial charge in [-0.15, -0.1) is 0 Å². The van der Waals surface area contributed by atoms with Gasteiger partial charge in [0.2, 0.25) is 0 Å². The van der Waals surface area contributed by atoms with E-state index in [4.69, 9.17) is 17.7 Å². The van der Waals surface area contributed by atoms with Gasteiger partial charge in [-0.25, -0.2) is 0 Å². The van der Waals surface area contributed by atoms with Crippen LogP contribution < -0.4 is 26.2 Å². The second kappa shape index (κ2) is 14.4. The molecule has 7 heteroatoms. The van der Waals surface area contributed by atoms with Gasteiger partial charge in [-0.1, -0.05) is 152 Å². The van der Waals surface area contributed by atoms with E-state index in [1.807, 2.05) is 12.1 Å². The molecule has 0 bridgehead atoms. The van der Waals surface area contributed by atoms with Crippen molar-refractivity contribution in [3.63, 3.8) is 0 Å². The average molecular weight is 933 g/mol. The Bertz CT molecular complexity index is 4530. The maximum absolute atomic E-state index is 6.81.